The van der Waals surface area contributed by atoms with E-state index in [0.717, 1.165) is 5.69 Å². The molecule has 0 amide bonds. The summed E-state index contributed by atoms with van der Waals surface area (Å²) >= 11 is 0. The molecule has 3 N–H and O–H groups in total. The number of rotatable bonds is 1. The zero-order valence-corrected chi connectivity index (χ0v) is 7.06. The molecule has 0 radical (unpaired) electrons. The minimum Gasteiger partial charge on any atom is -0.393 e. The van der Waals surface area contributed by atoms with E-state index in [1.807, 2.05) is 0 Å². The lowest BCUT2D eigenvalue weighted by atomic mass is 10.5. The minimum atomic E-state index is -0.288. The molecule has 6 nitrogen and oxygen atoms in total. The van der Waals surface area contributed by atoms with Gasteiger partial charge in [0.25, 0.3) is 5.56 Å². The fourth-order valence-electron chi connectivity index (χ4n) is 1.08. The molecule has 0 aliphatic heterocycles. The van der Waals surface area contributed by atoms with Crippen molar-refractivity contribution in [3.05, 3.63) is 28.9 Å². The predicted octanol–water partition coefficient (Wildman–Crippen LogP) is -0.519. The maximum absolute atomic E-state index is 11.0. The van der Waals surface area contributed by atoms with Gasteiger partial charge in [-0.05, 0) is 0 Å². The van der Waals surface area contributed by atoms with Gasteiger partial charge in [0.2, 0.25) is 0 Å². The highest BCUT2D eigenvalue weighted by Gasteiger charge is 2.02. The normalized spacial score (nSPS) is 10.5. The van der Waals surface area contributed by atoms with Gasteiger partial charge in [-0.15, -0.1) is 0 Å². The van der Waals surface area contributed by atoms with E-state index >= 15 is 0 Å². The third-order valence-corrected chi connectivity index (χ3v) is 1.72. The maximum Gasteiger partial charge on any atom is 0.287 e. The Labute approximate surface area is 73.6 Å². The van der Waals surface area contributed by atoms with E-state index in [0.29, 0.717) is 0 Å². The predicted molar refractivity (Wildman–Crippen MR) is 47.6 cm³/mol. The number of nitrogens with zero attached hydrogens (tertiary/aromatic N) is 3. The zero-order valence-electron chi connectivity index (χ0n) is 7.06. The van der Waals surface area contributed by atoms with Gasteiger partial charge in [0, 0.05) is 7.05 Å². The van der Waals surface area contributed by atoms with E-state index in [1.165, 1.54) is 10.9 Å². The topological polar surface area (TPSA) is 81.6 Å². The SMILES string of the molecule is Cn1cc(-n2cc(N)c(=O)[nH]2)cn1. The van der Waals surface area contributed by atoms with Crippen LogP contribution in [-0.4, -0.2) is 19.6 Å². The Morgan fingerprint density at radius 1 is 1.54 bits per heavy atom. The van der Waals surface area contributed by atoms with Gasteiger partial charge in [-0.25, -0.2) is 0 Å². The summed E-state index contributed by atoms with van der Waals surface area (Å²) < 4.78 is 3.18. The number of aromatic nitrogens is 4. The summed E-state index contributed by atoms with van der Waals surface area (Å²) in [4.78, 5) is 11.0. The average molecular weight is 179 g/mol. The van der Waals surface area contributed by atoms with Gasteiger partial charge in [-0.2, -0.15) is 5.10 Å². The fourth-order valence-corrected chi connectivity index (χ4v) is 1.08. The molecule has 2 aromatic heterocycles. The van der Waals surface area contributed by atoms with Crippen LogP contribution < -0.4 is 11.3 Å². The Morgan fingerprint density at radius 3 is 2.77 bits per heavy atom. The highest BCUT2D eigenvalue weighted by molar-refractivity contribution is 5.35. The number of aryl methyl sites for hydroxylation is 1. The van der Waals surface area contributed by atoms with Crippen molar-refractivity contribution in [2.45, 2.75) is 0 Å². The lowest BCUT2D eigenvalue weighted by molar-refractivity contribution is 0.765. The second kappa shape index (κ2) is 2.51. The van der Waals surface area contributed by atoms with Crippen LogP contribution in [0.15, 0.2) is 23.4 Å². The van der Waals surface area contributed by atoms with Gasteiger partial charge in [0.05, 0.1) is 18.6 Å². The molecule has 0 aliphatic carbocycles. The molecule has 0 spiro atoms. The molecule has 0 aliphatic rings. The van der Waals surface area contributed by atoms with E-state index in [9.17, 15) is 4.79 Å². The van der Waals surface area contributed by atoms with Gasteiger partial charge in [0.1, 0.15) is 11.4 Å². The van der Waals surface area contributed by atoms with Crippen LogP contribution in [0.2, 0.25) is 0 Å². The molecule has 0 atom stereocenters. The largest absolute Gasteiger partial charge is 0.393 e. The summed E-state index contributed by atoms with van der Waals surface area (Å²) in [5.74, 6) is 0. The van der Waals surface area contributed by atoms with Crippen LogP contribution >= 0.6 is 0 Å². The summed E-state index contributed by atoms with van der Waals surface area (Å²) in [5, 5.41) is 6.52. The Balaban J connectivity index is 2.52. The van der Waals surface area contributed by atoms with Crippen molar-refractivity contribution in [3.63, 3.8) is 0 Å². The van der Waals surface area contributed by atoms with Crippen LogP contribution in [0.25, 0.3) is 5.69 Å². The third kappa shape index (κ3) is 1.22. The lowest BCUT2D eigenvalue weighted by Crippen LogP contribution is -2.06. The van der Waals surface area contributed by atoms with Gasteiger partial charge in [0.15, 0.2) is 0 Å². The number of hydrogen-bond acceptors (Lipinski definition) is 3. The van der Waals surface area contributed by atoms with E-state index in [-0.39, 0.29) is 11.2 Å². The van der Waals surface area contributed by atoms with Crippen molar-refractivity contribution in [2.24, 2.45) is 7.05 Å². The minimum absolute atomic E-state index is 0.198. The van der Waals surface area contributed by atoms with Crippen LogP contribution in [0.1, 0.15) is 0 Å². The number of anilines is 1. The Morgan fingerprint density at radius 2 is 2.31 bits per heavy atom. The van der Waals surface area contributed by atoms with Crippen molar-refractivity contribution in [2.75, 3.05) is 5.73 Å². The van der Waals surface area contributed by atoms with Gasteiger partial charge >= 0.3 is 0 Å². The van der Waals surface area contributed by atoms with E-state index in [4.69, 9.17) is 5.73 Å². The van der Waals surface area contributed by atoms with Crippen molar-refractivity contribution >= 4 is 5.69 Å². The van der Waals surface area contributed by atoms with E-state index < -0.39 is 0 Å². The maximum atomic E-state index is 11.0. The van der Waals surface area contributed by atoms with Crippen molar-refractivity contribution < 1.29 is 0 Å². The van der Waals surface area contributed by atoms with Gasteiger partial charge in [-0.1, -0.05) is 0 Å². The highest BCUT2D eigenvalue weighted by Crippen LogP contribution is 2.03. The second-order valence-corrected chi connectivity index (χ2v) is 2.77. The van der Waals surface area contributed by atoms with Gasteiger partial charge < -0.3 is 5.73 Å². The molecule has 0 unspecified atom stereocenters. The first-order valence-corrected chi connectivity index (χ1v) is 3.73. The van der Waals surface area contributed by atoms with Crippen molar-refractivity contribution in [3.8, 4) is 5.69 Å². The monoisotopic (exact) mass is 179 g/mol. The highest BCUT2D eigenvalue weighted by atomic mass is 16.1. The number of hydrogen-bond donors (Lipinski definition) is 2. The molecule has 0 saturated carbocycles. The number of H-pyrrole nitrogens is 1. The molecule has 13 heavy (non-hydrogen) atoms. The number of nitrogen functional groups attached to an aromatic ring is 1. The second-order valence-electron chi connectivity index (χ2n) is 2.77. The standard InChI is InChI=1S/C7H9N5O/c1-11-3-5(2-9-11)12-4-6(8)7(13)10-12/h2-4H,8H2,1H3,(H,10,13). The molecule has 0 bridgehead atoms. The first-order chi connectivity index (χ1) is 6.16. The summed E-state index contributed by atoms with van der Waals surface area (Å²) in [5.41, 5.74) is 6.08. The van der Waals surface area contributed by atoms with Crippen LogP contribution in [-0.2, 0) is 7.05 Å². The molecule has 6 heteroatoms. The van der Waals surface area contributed by atoms with Crippen LogP contribution in [0.4, 0.5) is 5.69 Å². The summed E-state index contributed by atoms with van der Waals surface area (Å²) in [6.45, 7) is 0. The third-order valence-electron chi connectivity index (χ3n) is 1.72. The Bertz CT molecular complexity index is 477. The average Bonchev–Trinajstić information content (AvgIpc) is 2.61. The van der Waals surface area contributed by atoms with E-state index in [2.05, 4.69) is 10.2 Å². The molecular formula is C7H9N5O. The first kappa shape index (κ1) is 7.66. The molecule has 68 valence electrons. The Kier molecular flexibility index (Phi) is 1.48. The molecular weight excluding hydrogens is 170 g/mol. The van der Waals surface area contributed by atoms with Gasteiger partial charge in [-0.3, -0.25) is 19.3 Å². The van der Waals surface area contributed by atoms with E-state index in [1.54, 1.807) is 24.1 Å². The quantitative estimate of drug-likeness (QED) is 0.618. The first-order valence-electron chi connectivity index (χ1n) is 3.73. The van der Waals surface area contributed by atoms with Crippen molar-refractivity contribution in [1.29, 1.82) is 0 Å². The van der Waals surface area contributed by atoms with Crippen LogP contribution in [0, 0.1) is 0 Å². The molecule has 0 fully saturated rings. The summed E-state index contributed by atoms with van der Waals surface area (Å²) in [7, 11) is 1.80. The smallest absolute Gasteiger partial charge is 0.287 e. The van der Waals surface area contributed by atoms with Crippen molar-refractivity contribution in [1.82, 2.24) is 19.6 Å². The fraction of sp³-hybridized carbons (Fsp3) is 0.143. The zero-order chi connectivity index (χ0) is 9.42. The molecule has 2 rings (SSSR count). The summed E-state index contributed by atoms with van der Waals surface area (Å²) in [6, 6.07) is 0. The number of nitrogens with one attached hydrogen (secondary N) is 1. The Hall–Kier alpha value is -1.98. The van der Waals surface area contributed by atoms with Crippen LogP contribution in [0.5, 0.6) is 0 Å². The summed E-state index contributed by atoms with van der Waals surface area (Å²) in [6.07, 6.45) is 4.93. The molecule has 0 saturated heterocycles. The number of aromatic amines is 1. The molecule has 0 aromatic carbocycles. The van der Waals surface area contributed by atoms with Crippen LogP contribution in [0.3, 0.4) is 0 Å². The molecule has 2 heterocycles. The molecule has 2 aromatic rings. The lowest BCUT2D eigenvalue weighted by Gasteiger charge is -1.93. The number of nitrogens with two attached hydrogens (primary N) is 1.